The predicted octanol–water partition coefficient (Wildman–Crippen LogP) is 4.03. The molecule has 1 unspecified atom stereocenters. The molecule has 1 fully saturated rings. The van der Waals surface area contributed by atoms with Crippen molar-refractivity contribution in [2.75, 3.05) is 7.05 Å². The highest BCUT2D eigenvalue weighted by atomic mass is 19.4. The number of rotatable bonds is 6. The van der Waals surface area contributed by atoms with E-state index in [0.717, 1.165) is 24.0 Å². The van der Waals surface area contributed by atoms with Gasteiger partial charge in [0, 0.05) is 6.04 Å². The maximum absolute atomic E-state index is 12.6. The summed E-state index contributed by atoms with van der Waals surface area (Å²) in [5, 5.41) is 3.21. The molecule has 0 saturated heterocycles. The fraction of sp³-hybridized carbons (Fsp3) is 0.600. The predicted molar refractivity (Wildman–Crippen MR) is 70.0 cm³/mol. The van der Waals surface area contributed by atoms with Gasteiger partial charge >= 0.3 is 6.18 Å². The Morgan fingerprint density at radius 1 is 1.32 bits per heavy atom. The van der Waals surface area contributed by atoms with Crippen LogP contribution < -0.4 is 5.32 Å². The van der Waals surface area contributed by atoms with Crippen LogP contribution in [0.2, 0.25) is 0 Å². The quantitative estimate of drug-likeness (QED) is 0.823. The second-order valence-electron chi connectivity index (χ2n) is 5.41. The lowest BCUT2D eigenvalue weighted by atomic mass is 9.99. The number of halogens is 3. The van der Waals surface area contributed by atoms with Gasteiger partial charge in [-0.1, -0.05) is 31.0 Å². The smallest absolute Gasteiger partial charge is 0.317 e. The molecule has 1 aromatic rings. The van der Waals surface area contributed by atoms with Crippen LogP contribution in [0.15, 0.2) is 24.3 Å². The Morgan fingerprint density at radius 3 is 2.63 bits per heavy atom. The average Bonchev–Trinajstić information content (AvgIpc) is 3.18. The first-order valence-corrected chi connectivity index (χ1v) is 6.82. The minimum Gasteiger partial charge on any atom is -0.317 e. The van der Waals surface area contributed by atoms with Crippen molar-refractivity contribution >= 4 is 0 Å². The van der Waals surface area contributed by atoms with E-state index < -0.39 is 11.7 Å². The molecular formula is C15H20F3N. The van der Waals surface area contributed by atoms with Crippen LogP contribution in [0.3, 0.4) is 0 Å². The molecule has 1 nitrogen and oxygen atoms in total. The standard InChI is InChI=1S/C15H20F3N/c1-19-14(8-7-11-5-6-11)10-12-3-2-4-13(9-12)15(16,17)18/h2-4,9,11,14,19H,5-8,10H2,1H3. The van der Waals surface area contributed by atoms with Gasteiger partial charge in [0.05, 0.1) is 5.56 Å². The Labute approximate surface area is 112 Å². The van der Waals surface area contributed by atoms with Gasteiger partial charge in [-0.2, -0.15) is 13.2 Å². The first-order valence-electron chi connectivity index (χ1n) is 6.82. The van der Waals surface area contributed by atoms with E-state index in [1.807, 2.05) is 7.05 Å². The van der Waals surface area contributed by atoms with Gasteiger partial charge in [0.25, 0.3) is 0 Å². The number of nitrogens with one attached hydrogen (secondary N) is 1. The molecule has 0 bridgehead atoms. The Kier molecular flexibility index (Phi) is 4.50. The molecule has 0 radical (unpaired) electrons. The lowest BCUT2D eigenvalue weighted by molar-refractivity contribution is -0.137. The maximum atomic E-state index is 12.6. The summed E-state index contributed by atoms with van der Waals surface area (Å²) >= 11 is 0. The Bertz CT molecular complexity index is 410. The molecule has 1 saturated carbocycles. The molecule has 1 N–H and O–H groups in total. The van der Waals surface area contributed by atoms with Crippen molar-refractivity contribution in [1.82, 2.24) is 5.32 Å². The van der Waals surface area contributed by atoms with Crippen LogP contribution in [0, 0.1) is 5.92 Å². The van der Waals surface area contributed by atoms with Gasteiger partial charge in [0.15, 0.2) is 0 Å². The van der Waals surface area contributed by atoms with Crippen LogP contribution >= 0.6 is 0 Å². The van der Waals surface area contributed by atoms with Crippen LogP contribution in [0.4, 0.5) is 13.2 Å². The van der Waals surface area contributed by atoms with E-state index >= 15 is 0 Å². The number of benzene rings is 1. The highest BCUT2D eigenvalue weighted by Gasteiger charge is 2.30. The van der Waals surface area contributed by atoms with Gasteiger partial charge < -0.3 is 5.32 Å². The SMILES string of the molecule is CNC(CCC1CC1)Cc1cccc(C(F)(F)F)c1. The second-order valence-corrected chi connectivity index (χ2v) is 5.41. The summed E-state index contributed by atoms with van der Waals surface area (Å²) in [5.41, 5.74) is 0.201. The first kappa shape index (κ1) is 14.4. The molecule has 4 heteroatoms. The number of alkyl halides is 3. The van der Waals surface area contributed by atoms with E-state index in [4.69, 9.17) is 0 Å². The third-order valence-electron chi connectivity index (χ3n) is 3.76. The molecule has 0 heterocycles. The van der Waals surface area contributed by atoms with E-state index in [0.29, 0.717) is 6.42 Å². The Hall–Kier alpha value is -1.03. The highest BCUT2D eigenvalue weighted by molar-refractivity contribution is 5.26. The highest BCUT2D eigenvalue weighted by Crippen LogP contribution is 2.34. The fourth-order valence-corrected chi connectivity index (χ4v) is 2.35. The minimum atomic E-state index is -4.25. The van der Waals surface area contributed by atoms with Crippen LogP contribution in [0.25, 0.3) is 0 Å². The van der Waals surface area contributed by atoms with Gasteiger partial charge in [-0.25, -0.2) is 0 Å². The van der Waals surface area contributed by atoms with Crippen molar-refractivity contribution in [3.8, 4) is 0 Å². The summed E-state index contributed by atoms with van der Waals surface area (Å²) in [7, 11) is 1.88. The molecular weight excluding hydrogens is 251 g/mol. The van der Waals surface area contributed by atoms with Gasteiger partial charge in [0.1, 0.15) is 0 Å². The van der Waals surface area contributed by atoms with Crippen LogP contribution in [0.1, 0.15) is 36.8 Å². The van der Waals surface area contributed by atoms with Crippen molar-refractivity contribution in [1.29, 1.82) is 0 Å². The first-order chi connectivity index (χ1) is 8.99. The zero-order valence-electron chi connectivity index (χ0n) is 11.1. The summed E-state index contributed by atoms with van der Waals surface area (Å²) in [6, 6.07) is 5.93. The molecule has 1 aromatic carbocycles. The molecule has 0 aliphatic heterocycles. The monoisotopic (exact) mass is 271 g/mol. The van der Waals surface area contributed by atoms with E-state index in [2.05, 4.69) is 5.32 Å². The third kappa shape index (κ3) is 4.53. The van der Waals surface area contributed by atoms with Crippen molar-refractivity contribution in [3.63, 3.8) is 0 Å². The molecule has 2 rings (SSSR count). The molecule has 106 valence electrons. The summed E-state index contributed by atoms with van der Waals surface area (Å²) in [5.74, 6) is 0.859. The Morgan fingerprint density at radius 2 is 2.05 bits per heavy atom. The minimum absolute atomic E-state index is 0.268. The fourth-order valence-electron chi connectivity index (χ4n) is 2.35. The summed E-state index contributed by atoms with van der Waals surface area (Å²) in [6.07, 6.45) is 1.27. The zero-order chi connectivity index (χ0) is 13.9. The van der Waals surface area contributed by atoms with Crippen molar-refractivity contribution in [2.24, 2.45) is 5.92 Å². The number of hydrogen-bond acceptors (Lipinski definition) is 1. The summed E-state index contributed by atoms with van der Waals surface area (Å²) in [4.78, 5) is 0. The van der Waals surface area contributed by atoms with Crippen molar-refractivity contribution in [3.05, 3.63) is 35.4 Å². The van der Waals surface area contributed by atoms with Gasteiger partial charge in [-0.3, -0.25) is 0 Å². The van der Waals surface area contributed by atoms with Crippen molar-refractivity contribution in [2.45, 2.75) is 44.3 Å². The van der Waals surface area contributed by atoms with E-state index in [-0.39, 0.29) is 6.04 Å². The maximum Gasteiger partial charge on any atom is 0.416 e. The third-order valence-corrected chi connectivity index (χ3v) is 3.76. The molecule has 0 spiro atoms. The molecule has 1 atom stereocenters. The van der Waals surface area contributed by atoms with E-state index in [9.17, 15) is 13.2 Å². The molecule has 0 amide bonds. The lowest BCUT2D eigenvalue weighted by Crippen LogP contribution is -2.27. The van der Waals surface area contributed by atoms with Crippen LogP contribution in [-0.2, 0) is 12.6 Å². The van der Waals surface area contributed by atoms with Crippen LogP contribution in [-0.4, -0.2) is 13.1 Å². The second kappa shape index (κ2) is 5.95. The lowest BCUT2D eigenvalue weighted by Gasteiger charge is -2.17. The van der Waals surface area contributed by atoms with Crippen molar-refractivity contribution < 1.29 is 13.2 Å². The molecule has 0 aromatic heterocycles. The molecule has 19 heavy (non-hydrogen) atoms. The number of hydrogen-bond donors (Lipinski definition) is 1. The average molecular weight is 271 g/mol. The Balaban J connectivity index is 1.95. The molecule has 1 aliphatic rings. The zero-order valence-corrected chi connectivity index (χ0v) is 11.1. The van der Waals surface area contributed by atoms with Crippen LogP contribution in [0.5, 0.6) is 0 Å². The number of likely N-dealkylation sites (N-methyl/N-ethyl adjacent to an activating group) is 1. The topological polar surface area (TPSA) is 12.0 Å². The van der Waals surface area contributed by atoms with E-state index in [1.165, 1.54) is 31.4 Å². The molecule has 1 aliphatic carbocycles. The van der Waals surface area contributed by atoms with Gasteiger partial charge in [-0.05, 0) is 43.9 Å². The van der Waals surface area contributed by atoms with Gasteiger partial charge in [0.2, 0.25) is 0 Å². The van der Waals surface area contributed by atoms with E-state index in [1.54, 1.807) is 6.07 Å². The summed E-state index contributed by atoms with van der Waals surface area (Å²) in [6.45, 7) is 0. The van der Waals surface area contributed by atoms with Gasteiger partial charge in [-0.15, -0.1) is 0 Å². The normalized spacial score (nSPS) is 17.5. The summed E-state index contributed by atoms with van der Waals surface area (Å²) < 4.78 is 37.9. The largest absolute Gasteiger partial charge is 0.416 e.